The van der Waals surface area contributed by atoms with Gasteiger partial charge in [0.05, 0.1) is 0 Å². The molecule has 132 valence electrons. The Hall–Kier alpha value is -3.46. The second-order valence-corrected chi connectivity index (χ2v) is 6.37. The lowest BCUT2D eigenvalue weighted by atomic mass is 9.89. The summed E-state index contributed by atoms with van der Waals surface area (Å²) < 4.78 is 13.9. The molecule has 0 saturated carbocycles. The average molecular weight is 355 g/mol. The highest BCUT2D eigenvalue weighted by molar-refractivity contribution is 6.14. The molecule has 0 fully saturated rings. The normalized spacial score (nSPS) is 11.7. The number of likely N-dealkylation sites (N-methyl/N-ethyl adjacent to an activating group) is 1. The molecule has 1 amide bonds. The van der Waals surface area contributed by atoms with E-state index in [2.05, 4.69) is 23.5 Å². The van der Waals surface area contributed by atoms with Crippen molar-refractivity contribution in [2.45, 2.75) is 0 Å². The first-order valence-corrected chi connectivity index (χ1v) is 8.77. The van der Waals surface area contributed by atoms with E-state index >= 15 is 0 Å². The van der Waals surface area contributed by atoms with Crippen LogP contribution in [-0.4, -0.2) is 13.0 Å². The Morgan fingerprint density at radius 1 is 0.852 bits per heavy atom. The van der Waals surface area contributed by atoms with Crippen LogP contribution in [-0.2, 0) is 4.79 Å². The Labute approximate surface area is 156 Å². The van der Waals surface area contributed by atoms with Gasteiger partial charge in [-0.1, -0.05) is 60.7 Å². The van der Waals surface area contributed by atoms with Crippen molar-refractivity contribution in [3.8, 4) is 0 Å². The summed E-state index contributed by atoms with van der Waals surface area (Å²) in [5.74, 6) is -0.563. The molecule has 0 aliphatic heterocycles. The first-order valence-electron chi connectivity index (χ1n) is 8.77. The Bertz CT molecular complexity index is 1190. The fourth-order valence-corrected chi connectivity index (χ4v) is 3.45. The summed E-state index contributed by atoms with van der Waals surface area (Å²) in [6, 6.07) is 24.6. The second kappa shape index (κ2) is 7.04. The molecular weight excluding hydrogens is 337 g/mol. The maximum Gasteiger partial charge on any atom is 0.244 e. The van der Waals surface area contributed by atoms with E-state index in [-0.39, 0.29) is 11.7 Å². The van der Waals surface area contributed by atoms with Crippen LogP contribution in [0.1, 0.15) is 11.1 Å². The molecule has 4 aromatic rings. The third-order valence-corrected chi connectivity index (χ3v) is 4.72. The molecule has 3 heteroatoms. The first kappa shape index (κ1) is 17.0. The fourth-order valence-electron chi connectivity index (χ4n) is 3.45. The zero-order valence-corrected chi connectivity index (χ0v) is 14.9. The van der Waals surface area contributed by atoms with Gasteiger partial charge in [-0.25, -0.2) is 4.39 Å². The van der Waals surface area contributed by atoms with E-state index in [0.717, 1.165) is 27.1 Å². The van der Waals surface area contributed by atoms with Crippen LogP contribution in [0.25, 0.3) is 27.1 Å². The van der Waals surface area contributed by atoms with Crippen LogP contribution >= 0.6 is 0 Å². The standard InChI is InChI=1S/C24H18FNO/c1-26-24(27)15-22(16-8-6-9-18(25)13-16)23-14-17-7-2-3-10-19(17)20-11-4-5-12-21(20)23/h2-15H,1H3,(H,26,27). The van der Waals surface area contributed by atoms with Crippen LogP contribution in [0.5, 0.6) is 0 Å². The lowest BCUT2D eigenvalue weighted by Gasteiger charge is -2.14. The molecule has 1 N–H and O–H groups in total. The molecule has 0 saturated heterocycles. The van der Waals surface area contributed by atoms with Crippen LogP contribution in [0.4, 0.5) is 4.39 Å². The second-order valence-electron chi connectivity index (χ2n) is 6.37. The molecule has 0 aliphatic rings. The first-order chi connectivity index (χ1) is 13.2. The van der Waals surface area contributed by atoms with Crippen molar-refractivity contribution >= 4 is 33.0 Å². The van der Waals surface area contributed by atoms with E-state index in [1.807, 2.05) is 42.5 Å². The number of benzene rings is 4. The molecule has 4 rings (SSSR count). The van der Waals surface area contributed by atoms with Crippen molar-refractivity contribution < 1.29 is 9.18 Å². The maximum absolute atomic E-state index is 13.9. The zero-order valence-electron chi connectivity index (χ0n) is 14.9. The van der Waals surface area contributed by atoms with Crippen molar-refractivity contribution in [2.75, 3.05) is 7.05 Å². The SMILES string of the molecule is CNC(=O)C=C(c1cccc(F)c1)c1cc2ccccc2c2ccccc12. The Morgan fingerprint density at radius 2 is 1.56 bits per heavy atom. The molecule has 0 heterocycles. The lowest BCUT2D eigenvalue weighted by Crippen LogP contribution is -2.15. The highest BCUT2D eigenvalue weighted by Crippen LogP contribution is 2.35. The van der Waals surface area contributed by atoms with Crippen LogP contribution in [0.15, 0.2) is 84.9 Å². The van der Waals surface area contributed by atoms with Gasteiger partial charge < -0.3 is 5.32 Å². The van der Waals surface area contributed by atoms with Crippen molar-refractivity contribution in [1.29, 1.82) is 0 Å². The van der Waals surface area contributed by atoms with E-state index < -0.39 is 0 Å². The summed E-state index contributed by atoms with van der Waals surface area (Å²) in [5, 5.41) is 6.97. The summed E-state index contributed by atoms with van der Waals surface area (Å²) in [6.07, 6.45) is 1.53. The third kappa shape index (κ3) is 3.20. The number of amides is 1. The van der Waals surface area contributed by atoms with Crippen LogP contribution in [0.3, 0.4) is 0 Å². The molecule has 27 heavy (non-hydrogen) atoms. The topological polar surface area (TPSA) is 29.1 Å². The molecule has 2 nitrogen and oxygen atoms in total. The van der Waals surface area contributed by atoms with E-state index in [0.29, 0.717) is 11.1 Å². The number of nitrogens with one attached hydrogen (secondary N) is 1. The molecule has 0 bridgehead atoms. The van der Waals surface area contributed by atoms with Crippen LogP contribution in [0, 0.1) is 5.82 Å². The zero-order chi connectivity index (χ0) is 18.8. The summed E-state index contributed by atoms with van der Waals surface area (Å²) >= 11 is 0. The minimum absolute atomic E-state index is 0.230. The fraction of sp³-hybridized carbons (Fsp3) is 0.0417. The van der Waals surface area contributed by atoms with Crippen molar-refractivity contribution in [2.24, 2.45) is 0 Å². The van der Waals surface area contributed by atoms with Gasteiger partial charge >= 0.3 is 0 Å². The summed E-state index contributed by atoms with van der Waals surface area (Å²) in [5.41, 5.74) is 2.26. The van der Waals surface area contributed by atoms with Gasteiger partial charge in [0.1, 0.15) is 5.82 Å². The number of halogens is 1. The van der Waals surface area contributed by atoms with Gasteiger partial charge in [-0.05, 0) is 56.4 Å². The van der Waals surface area contributed by atoms with Crippen molar-refractivity contribution in [3.63, 3.8) is 0 Å². The molecule has 0 aromatic heterocycles. The van der Waals surface area contributed by atoms with Crippen molar-refractivity contribution in [3.05, 3.63) is 102 Å². The number of carbonyl (C=O) groups excluding carboxylic acids is 1. The Balaban J connectivity index is 2.09. The Kier molecular flexibility index (Phi) is 4.43. The van der Waals surface area contributed by atoms with Gasteiger partial charge in [0.25, 0.3) is 0 Å². The van der Waals surface area contributed by atoms with E-state index in [1.165, 1.54) is 18.2 Å². The number of fused-ring (bicyclic) bond motifs is 3. The molecule has 0 radical (unpaired) electrons. The molecule has 0 atom stereocenters. The van der Waals surface area contributed by atoms with Gasteiger partial charge in [-0.2, -0.15) is 0 Å². The molecule has 0 unspecified atom stereocenters. The molecular formula is C24H18FNO. The lowest BCUT2D eigenvalue weighted by molar-refractivity contribution is -0.116. The van der Waals surface area contributed by atoms with Crippen molar-refractivity contribution in [1.82, 2.24) is 5.32 Å². The van der Waals surface area contributed by atoms with Gasteiger partial charge in [0.2, 0.25) is 5.91 Å². The molecule has 0 spiro atoms. The van der Waals surface area contributed by atoms with Gasteiger partial charge in [-0.3, -0.25) is 4.79 Å². The van der Waals surface area contributed by atoms with Crippen LogP contribution < -0.4 is 5.32 Å². The smallest absolute Gasteiger partial charge is 0.244 e. The quantitative estimate of drug-likeness (QED) is 0.392. The number of carbonyl (C=O) groups is 1. The van der Waals surface area contributed by atoms with Gasteiger partial charge in [0.15, 0.2) is 0 Å². The summed E-state index contributed by atoms with van der Waals surface area (Å²) in [4.78, 5) is 12.2. The van der Waals surface area contributed by atoms with E-state index in [4.69, 9.17) is 0 Å². The monoisotopic (exact) mass is 355 g/mol. The minimum Gasteiger partial charge on any atom is -0.356 e. The third-order valence-electron chi connectivity index (χ3n) is 4.72. The minimum atomic E-state index is -0.333. The number of rotatable bonds is 3. The highest BCUT2D eigenvalue weighted by Gasteiger charge is 2.14. The molecule has 4 aromatic carbocycles. The van der Waals surface area contributed by atoms with E-state index in [1.54, 1.807) is 13.1 Å². The number of hydrogen-bond acceptors (Lipinski definition) is 1. The van der Waals surface area contributed by atoms with Gasteiger partial charge in [0, 0.05) is 13.1 Å². The van der Waals surface area contributed by atoms with Crippen LogP contribution in [0.2, 0.25) is 0 Å². The Morgan fingerprint density at radius 3 is 2.30 bits per heavy atom. The maximum atomic E-state index is 13.9. The number of hydrogen-bond donors (Lipinski definition) is 1. The van der Waals surface area contributed by atoms with E-state index in [9.17, 15) is 9.18 Å². The summed E-state index contributed by atoms with van der Waals surface area (Å²) in [7, 11) is 1.58. The average Bonchev–Trinajstić information content (AvgIpc) is 2.71. The van der Waals surface area contributed by atoms with Gasteiger partial charge in [-0.15, -0.1) is 0 Å². The highest BCUT2D eigenvalue weighted by atomic mass is 19.1. The largest absolute Gasteiger partial charge is 0.356 e. The molecule has 0 aliphatic carbocycles. The predicted octanol–water partition coefficient (Wildman–Crippen LogP) is 5.31. The predicted molar refractivity (Wildman–Crippen MR) is 109 cm³/mol. The summed E-state index contributed by atoms with van der Waals surface area (Å²) in [6.45, 7) is 0.